The molecule has 1 N–H and O–H groups in total. The number of benzene rings is 1. The quantitative estimate of drug-likeness (QED) is 0.628. The zero-order chi connectivity index (χ0) is 21.2. The Balaban J connectivity index is 1.71. The molecule has 0 radical (unpaired) electrons. The number of hydrogen-bond acceptors (Lipinski definition) is 5. The maximum absolute atomic E-state index is 12.4. The molecule has 2 aliphatic heterocycles. The smallest absolute Gasteiger partial charge is 0.410 e. The highest BCUT2D eigenvalue weighted by molar-refractivity contribution is 14.1. The molecule has 0 aromatic heterocycles. The minimum absolute atomic E-state index is 0.202. The first-order valence-electron chi connectivity index (χ1n) is 10.6. The fourth-order valence-electron chi connectivity index (χ4n) is 3.98. The van der Waals surface area contributed by atoms with Gasteiger partial charge in [-0.05, 0) is 80.0 Å². The number of ether oxygens (including phenoxy) is 1. The summed E-state index contributed by atoms with van der Waals surface area (Å²) in [7, 11) is 0. The number of nitrogens with one attached hydrogen (secondary N) is 1. The lowest BCUT2D eigenvalue weighted by Gasteiger charge is -2.38. The third-order valence-electron chi connectivity index (χ3n) is 5.71. The molecule has 7 heteroatoms. The molecule has 0 spiro atoms. The predicted molar refractivity (Wildman–Crippen MR) is 127 cm³/mol. The molecule has 2 heterocycles. The van der Waals surface area contributed by atoms with E-state index in [1.807, 2.05) is 25.7 Å². The van der Waals surface area contributed by atoms with E-state index in [2.05, 4.69) is 57.6 Å². The van der Waals surface area contributed by atoms with Crippen LogP contribution in [0.25, 0.3) is 0 Å². The molecule has 3 rings (SSSR count). The normalized spacial score (nSPS) is 18.8. The second kappa shape index (κ2) is 9.39. The molecular weight excluding hydrogens is 479 g/mol. The lowest BCUT2D eigenvalue weighted by atomic mass is 10.0. The van der Waals surface area contributed by atoms with Crippen molar-refractivity contribution in [2.75, 3.05) is 57.3 Å². The van der Waals surface area contributed by atoms with Gasteiger partial charge < -0.3 is 19.9 Å². The molecule has 162 valence electrons. The number of halogens is 1. The van der Waals surface area contributed by atoms with Crippen LogP contribution < -0.4 is 10.2 Å². The maximum Gasteiger partial charge on any atom is 0.410 e. The highest BCUT2D eigenvalue weighted by Gasteiger charge is 2.27. The average molecular weight is 514 g/mol. The molecule has 0 saturated carbocycles. The van der Waals surface area contributed by atoms with Crippen LogP contribution in [0.3, 0.4) is 0 Å². The van der Waals surface area contributed by atoms with Crippen LogP contribution in [0, 0.1) is 17.4 Å². The van der Waals surface area contributed by atoms with Crippen LogP contribution in [0.15, 0.2) is 6.07 Å². The minimum atomic E-state index is -0.448. The molecule has 0 atom stereocenters. The summed E-state index contributed by atoms with van der Waals surface area (Å²) in [6.45, 7) is 18.7. The summed E-state index contributed by atoms with van der Waals surface area (Å²) in [6.07, 6.45) is -0.202. The van der Waals surface area contributed by atoms with Crippen molar-refractivity contribution < 1.29 is 9.53 Å². The van der Waals surface area contributed by atoms with E-state index in [9.17, 15) is 4.79 Å². The SMILES string of the molecule is Cc1c(CN2CCNCC2)cc(N2CCN(C(=O)OC(C)(C)C)CC2)c(C)c1I. The molecule has 1 amide bonds. The van der Waals surface area contributed by atoms with Crippen LogP contribution in [0.2, 0.25) is 0 Å². The van der Waals surface area contributed by atoms with Crippen molar-refractivity contribution in [3.63, 3.8) is 0 Å². The Kier molecular flexibility index (Phi) is 7.32. The van der Waals surface area contributed by atoms with E-state index in [1.54, 1.807) is 0 Å². The van der Waals surface area contributed by atoms with Crippen LogP contribution in [0.5, 0.6) is 0 Å². The highest BCUT2D eigenvalue weighted by Crippen LogP contribution is 2.31. The fraction of sp³-hybridized carbons (Fsp3) is 0.682. The largest absolute Gasteiger partial charge is 0.444 e. The van der Waals surface area contributed by atoms with Gasteiger partial charge in [-0.15, -0.1) is 0 Å². The van der Waals surface area contributed by atoms with E-state index < -0.39 is 5.60 Å². The summed E-state index contributed by atoms with van der Waals surface area (Å²) in [5.41, 5.74) is 5.03. The Morgan fingerprint density at radius 3 is 2.28 bits per heavy atom. The minimum Gasteiger partial charge on any atom is -0.444 e. The molecule has 0 unspecified atom stereocenters. The summed E-state index contributed by atoms with van der Waals surface area (Å²) in [4.78, 5) is 19.2. The van der Waals surface area contributed by atoms with Crippen LogP contribution >= 0.6 is 22.6 Å². The van der Waals surface area contributed by atoms with Gasteiger partial charge in [0.25, 0.3) is 0 Å². The van der Waals surface area contributed by atoms with Crippen molar-refractivity contribution in [1.29, 1.82) is 0 Å². The second-order valence-corrected chi connectivity index (χ2v) is 10.2. The van der Waals surface area contributed by atoms with E-state index in [0.717, 1.165) is 45.8 Å². The Morgan fingerprint density at radius 1 is 1.07 bits per heavy atom. The van der Waals surface area contributed by atoms with Gasteiger partial charge in [-0.3, -0.25) is 4.90 Å². The van der Waals surface area contributed by atoms with Gasteiger partial charge in [0.2, 0.25) is 0 Å². The molecule has 29 heavy (non-hydrogen) atoms. The van der Waals surface area contributed by atoms with Crippen molar-refractivity contribution in [2.45, 2.75) is 46.8 Å². The van der Waals surface area contributed by atoms with Crippen LogP contribution in [-0.4, -0.2) is 73.9 Å². The Bertz CT molecular complexity index is 733. The van der Waals surface area contributed by atoms with Gasteiger partial charge in [0.1, 0.15) is 5.60 Å². The highest BCUT2D eigenvalue weighted by atomic mass is 127. The summed E-state index contributed by atoms with van der Waals surface area (Å²) in [6, 6.07) is 2.39. The van der Waals surface area contributed by atoms with Crippen molar-refractivity contribution in [3.05, 3.63) is 26.3 Å². The van der Waals surface area contributed by atoms with E-state index in [0.29, 0.717) is 13.1 Å². The number of amides is 1. The Labute approximate surface area is 189 Å². The van der Waals surface area contributed by atoms with Gasteiger partial charge in [-0.1, -0.05) is 0 Å². The average Bonchev–Trinajstić information content (AvgIpc) is 2.68. The van der Waals surface area contributed by atoms with Crippen molar-refractivity contribution in [3.8, 4) is 0 Å². The summed E-state index contributed by atoms with van der Waals surface area (Å²) < 4.78 is 6.90. The molecule has 2 fully saturated rings. The summed E-state index contributed by atoms with van der Waals surface area (Å²) >= 11 is 2.50. The first-order valence-corrected chi connectivity index (χ1v) is 11.7. The number of nitrogens with zero attached hydrogens (tertiary/aromatic N) is 3. The van der Waals surface area contributed by atoms with Gasteiger partial charge in [0, 0.05) is 68.2 Å². The number of carbonyl (C=O) groups is 1. The summed E-state index contributed by atoms with van der Waals surface area (Å²) in [5.74, 6) is 0. The standard InChI is InChI=1S/C22H35IN4O2/c1-16-18(15-25-8-6-24-7-9-25)14-19(17(2)20(16)23)26-10-12-27(13-11-26)21(28)29-22(3,4)5/h14,24H,6-13,15H2,1-5H3. The lowest BCUT2D eigenvalue weighted by Crippen LogP contribution is -2.50. The molecule has 1 aromatic carbocycles. The van der Waals surface area contributed by atoms with E-state index in [4.69, 9.17) is 4.74 Å². The van der Waals surface area contributed by atoms with E-state index >= 15 is 0 Å². The first kappa shape index (κ1) is 22.6. The number of anilines is 1. The van der Waals surface area contributed by atoms with Crippen molar-refractivity contribution in [2.24, 2.45) is 0 Å². The molecule has 6 nitrogen and oxygen atoms in total. The topological polar surface area (TPSA) is 48.0 Å². The van der Waals surface area contributed by atoms with E-state index in [1.165, 1.54) is 25.9 Å². The fourth-order valence-corrected chi connectivity index (χ4v) is 4.60. The molecule has 2 aliphatic rings. The molecule has 1 aromatic rings. The van der Waals surface area contributed by atoms with Crippen molar-refractivity contribution in [1.82, 2.24) is 15.1 Å². The van der Waals surface area contributed by atoms with Gasteiger partial charge in [0.15, 0.2) is 0 Å². The zero-order valence-electron chi connectivity index (χ0n) is 18.5. The Hall–Kier alpha value is -1.06. The predicted octanol–water partition coefficient (Wildman–Crippen LogP) is 3.37. The number of piperazine rings is 2. The monoisotopic (exact) mass is 514 g/mol. The zero-order valence-corrected chi connectivity index (χ0v) is 20.6. The van der Waals surface area contributed by atoms with Gasteiger partial charge in [0.05, 0.1) is 0 Å². The molecule has 0 aliphatic carbocycles. The third-order valence-corrected chi connectivity index (χ3v) is 7.33. The number of rotatable bonds is 3. The molecule has 2 saturated heterocycles. The lowest BCUT2D eigenvalue weighted by molar-refractivity contribution is 0.0240. The number of hydrogen-bond donors (Lipinski definition) is 1. The number of carbonyl (C=O) groups excluding carboxylic acids is 1. The molecular formula is C22H35IN4O2. The molecule has 0 bridgehead atoms. The van der Waals surface area contributed by atoms with Gasteiger partial charge >= 0.3 is 6.09 Å². The van der Waals surface area contributed by atoms with Crippen LogP contribution in [0.4, 0.5) is 10.5 Å². The van der Waals surface area contributed by atoms with E-state index in [-0.39, 0.29) is 6.09 Å². The Morgan fingerprint density at radius 2 is 1.69 bits per heavy atom. The third kappa shape index (κ3) is 5.76. The van der Waals surface area contributed by atoms with Gasteiger partial charge in [-0.2, -0.15) is 0 Å². The van der Waals surface area contributed by atoms with Crippen molar-refractivity contribution >= 4 is 34.4 Å². The first-order chi connectivity index (χ1) is 13.7. The van der Waals surface area contributed by atoms with Crippen LogP contribution in [-0.2, 0) is 11.3 Å². The summed E-state index contributed by atoms with van der Waals surface area (Å²) in [5, 5.41) is 3.43. The maximum atomic E-state index is 12.4. The van der Waals surface area contributed by atoms with Gasteiger partial charge in [-0.25, -0.2) is 4.79 Å². The second-order valence-electron chi connectivity index (χ2n) is 9.10. The van der Waals surface area contributed by atoms with Crippen LogP contribution in [0.1, 0.15) is 37.5 Å².